The van der Waals surface area contributed by atoms with Gasteiger partial charge < -0.3 is 10.7 Å². The van der Waals surface area contributed by atoms with Crippen molar-refractivity contribution in [1.82, 2.24) is 9.66 Å². The minimum Gasteiger partial charge on any atom is -0.368 e. The highest BCUT2D eigenvalue weighted by atomic mass is 79.9. The van der Waals surface area contributed by atoms with E-state index in [2.05, 4.69) is 20.9 Å². The summed E-state index contributed by atoms with van der Waals surface area (Å²) in [5, 5.41) is 1.90. The van der Waals surface area contributed by atoms with Gasteiger partial charge in [0.25, 0.3) is 0 Å². The summed E-state index contributed by atoms with van der Waals surface area (Å²) in [4.78, 5) is 4.25. The standard InChI is InChI=1S/C9H11BrN4/c1-13(2)14-8-5-6(10)3-4-7(8)12-9(14)11/h3-5H,1-2H3,(H2,11,12). The second-order valence-electron chi connectivity index (χ2n) is 3.26. The summed E-state index contributed by atoms with van der Waals surface area (Å²) in [7, 11) is 3.86. The van der Waals surface area contributed by atoms with Crippen molar-refractivity contribution in [2.45, 2.75) is 0 Å². The van der Waals surface area contributed by atoms with Crippen LogP contribution in [0.15, 0.2) is 22.7 Å². The van der Waals surface area contributed by atoms with Crippen molar-refractivity contribution in [3.8, 4) is 0 Å². The van der Waals surface area contributed by atoms with E-state index in [1.807, 2.05) is 42.0 Å². The molecule has 0 aliphatic heterocycles. The Balaban J connectivity index is 2.79. The molecule has 0 aliphatic carbocycles. The van der Waals surface area contributed by atoms with Crippen LogP contribution in [0.1, 0.15) is 0 Å². The summed E-state index contributed by atoms with van der Waals surface area (Å²) in [6.07, 6.45) is 0. The van der Waals surface area contributed by atoms with Crippen molar-refractivity contribution in [2.75, 3.05) is 24.8 Å². The number of nitrogens with two attached hydrogens (primary N) is 1. The number of hydrogen-bond acceptors (Lipinski definition) is 3. The number of nitrogens with zero attached hydrogens (tertiary/aromatic N) is 3. The maximum Gasteiger partial charge on any atom is 0.220 e. The normalized spacial score (nSPS) is 10.8. The average Bonchev–Trinajstić information content (AvgIpc) is 2.40. The van der Waals surface area contributed by atoms with Crippen LogP contribution in [0.4, 0.5) is 5.95 Å². The maximum absolute atomic E-state index is 5.80. The predicted molar refractivity (Wildman–Crippen MR) is 61.9 cm³/mol. The fourth-order valence-electron chi connectivity index (χ4n) is 1.48. The summed E-state index contributed by atoms with van der Waals surface area (Å²) in [6, 6.07) is 5.89. The molecule has 1 heterocycles. The second-order valence-corrected chi connectivity index (χ2v) is 4.18. The molecule has 4 nitrogen and oxygen atoms in total. The van der Waals surface area contributed by atoms with Gasteiger partial charge in [0.1, 0.15) is 0 Å². The Labute approximate surface area is 90.4 Å². The summed E-state index contributed by atoms with van der Waals surface area (Å²) < 4.78 is 2.88. The van der Waals surface area contributed by atoms with E-state index < -0.39 is 0 Å². The van der Waals surface area contributed by atoms with Gasteiger partial charge in [0.15, 0.2) is 0 Å². The zero-order chi connectivity index (χ0) is 10.3. The zero-order valence-electron chi connectivity index (χ0n) is 8.03. The van der Waals surface area contributed by atoms with Crippen LogP contribution in [0.3, 0.4) is 0 Å². The molecule has 0 saturated carbocycles. The number of benzene rings is 1. The van der Waals surface area contributed by atoms with Gasteiger partial charge in [-0.1, -0.05) is 15.9 Å². The highest BCUT2D eigenvalue weighted by Gasteiger charge is 2.09. The number of anilines is 1. The van der Waals surface area contributed by atoms with Gasteiger partial charge in [-0.3, -0.25) is 0 Å². The van der Waals surface area contributed by atoms with Crippen LogP contribution in [0.25, 0.3) is 11.0 Å². The molecular formula is C9H11BrN4. The maximum atomic E-state index is 5.80. The third kappa shape index (κ3) is 1.33. The molecule has 1 aromatic carbocycles. The van der Waals surface area contributed by atoms with Crippen molar-refractivity contribution in [2.24, 2.45) is 0 Å². The molecule has 0 unspecified atom stereocenters. The van der Waals surface area contributed by atoms with Gasteiger partial charge in [0, 0.05) is 18.6 Å². The van der Waals surface area contributed by atoms with Gasteiger partial charge in [0.2, 0.25) is 5.95 Å². The summed E-state index contributed by atoms with van der Waals surface area (Å²) in [6.45, 7) is 0. The van der Waals surface area contributed by atoms with E-state index in [0.717, 1.165) is 15.5 Å². The highest BCUT2D eigenvalue weighted by molar-refractivity contribution is 9.10. The molecule has 0 atom stereocenters. The van der Waals surface area contributed by atoms with Crippen LogP contribution in [-0.2, 0) is 0 Å². The Morgan fingerprint density at radius 2 is 2.14 bits per heavy atom. The second kappa shape index (κ2) is 3.16. The van der Waals surface area contributed by atoms with E-state index >= 15 is 0 Å². The molecule has 5 heteroatoms. The van der Waals surface area contributed by atoms with Crippen LogP contribution in [0.5, 0.6) is 0 Å². The minimum atomic E-state index is 0.503. The molecule has 2 aromatic rings. The van der Waals surface area contributed by atoms with Crippen LogP contribution in [-0.4, -0.2) is 23.8 Å². The highest BCUT2D eigenvalue weighted by Crippen LogP contribution is 2.21. The summed E-state index contributed by atoms with van der Waals surface area (Å²) in [5.74, 6) is 0.503. The monoisotopic (exact) mass is 254 g/mol. The van der Waals surface area contributed by atoms with Gasteiger partial charge in [-0.05, 0) is 18.2 Å². The number of aromatic nitrogens is 2. The first-order valence-electron chi connectivity index (χ1n) is 4.20. The first-order chi connectivity index (χ1) is 6.59. The molecule has 0 bridgehead atoms. The predicted octanol–water partition coefficient (Wildman–Crippen LogP) is 1.58. The van der Waals surface area contributed by atoms with Gasteiger partial charge in [-0.15, -0.1) is 0 Å². The molecule has 0 aliphatic rings. The van der Waals surface area contributed by atoms with E-state index in [1.54, 1.807) is 0 Å². The van der Waals surface area contributed by atoms with Crippen LogP contribution >= 0.6 is 15.9 Å². The van der Waals surface area contributed by atoms with Crippen LogP contribution in [0.2, 0.25) is 0 Å². The zero-order valence-corrected chi connectivity index (χ0v) is 9.62. The van der Waals surface area contributed by atoms with Crippen LogP contribution < -0.4 is 10.7 Å². The lowest BCUT2D eigenvalue weighted by molar-refractivity contribution is 0.765. The number of fused-ring (bicyclic) bond motifs is 1. The lowest BCUT2D eigenvalue weighted by Crippen LogP contribution is -2.26. The van der Waals surface area contributed by atoms with Crippen molar-refractivity contribution in [3.63, 3.8) is 0 Å². The molecule has 0 saturated heterocycles. The molecule has 74 valence electrons. The molecule has 0 spiro atoms. The smallest absolute Gasteiger partial charge is 0.220 e. The number of halogens is 1. The Kier molecular flexibility index (Phi) is 2.11. The number of rotatable bonds is 1. The van der Waals surface area contributed by atoms with E-state index in [4.69, 9.17) is 5.73 Å². The number of imidazole rings is 1. The SMILES string of the molecule is CN(C)n1c(N)nc2ccc(Br)cc21. The molecule has 1 aromatic heterocycles. The lowest BCUT2D eigenvalue weighted by Gasteiger charge is -2.16. The molecular weight excluding hydrogens is 244 g/mol. The fraction of sp³-hybridized carbons (Fsp3) is 0.222. The van der Waals surface area contributed by atoms with Gasteiger partial charge in [0.05, 0.1) is 11.0 Å². The van der Waals surface area contributed by atoms with Crippen molar-refractivity contribution < 1.29 is 0 Å². The summed E-state index contributed by atoms with van der Waals surface area (Å²) in [5.41, 5.74) is 7.70. The van der Waals surface area contributed by atoms with Crippen LogP contribution in [0, 0.1) is 0 Å². The Hall–Kier alpha value is -1.23. The third-order valence-corrected chi connectivity index (χ3v) is 2.51. The Morgan fingerprint density at radius 1 is 1.43 bits per heavy atom. The van der Waals surface area contributed by atoms with Gasteiger partial charge >= 0.3 is 0 Å². The van der Waals surface area contributed by atoms with E-state index in [1.165, 1.54) is 0 Å². The summed E-state index contributed by atoms with van der Waals surface area (Å²) >= 11 is 3.42. The number of hydrogen-bond donors (Lipinski definition) is 1. The first-order valence-corrected chi connectivity index (χ1v) is 5.00. The Morgan fingerprint density at radius 3 is 2.79 bits per heavy atom. The molecule has 0 fully saturated rings. The fourth-order valence-corrected chi connectivity index (χ4v) is 1.82. The molecule has 2 rings (SSSR count). The van der Waals surface area contributed by atoms with Gasteiger partial charge in [-0.25, -0.2) is 9.66 Å². The quantitative estimate of drug-likeness (QED) is 0.841. The molecule has 2 N–H and O–H groups in total. The van der Waals surface area contributed by atoms with Crippen molar-refractivity contribution in [3.05, 3.63) is 22.7 Å². The minimum absolute atomic E-state index is 0.503. The Bertz CT molecular complexity index is 475. The molecule has 14 heavy (non-hydrogen) atoms. The molecule has 0 radical (unpaired) electrons. The number of nitrogen functional groups attached to an aromatic ring is 1. The first kappa shape index (κ1) is 9.33. The lowest BCUT2D eigenvalue weighted by atomic mass is 10.3. The van der Waals surface area contributed by atoms with E-state index in [0.29, 0.717) is 5.95 Å². The van der Waals surface area contributed by atoms with Gasteiger partial charge in [-0.2, -0.15) is 0 Å². The van der Waals surface area contributed by atoms with E-state index in [-0.39, 0.29) is 0 Å². The largest absolute Gasteiger partial charge is 0.368 e. The van der Waals surface area contributed by atoms with Crippen molar-refractivity contribution in [1.29, 1.82) is 0 Å². The average molecular weight is 255 g/mol. The third-order valence-electron chi connectivity index (χ3n) is 2.02. The van der Waals surface area contributed by atoms with E-state index in [9.17, 15) is 0 Å². The topological polar surface area (TPSA) is 47.1 Å². The molecule has 0 amide bonds. The van der Waals surface area contributed by atoms with Crippen molar-refractivity contribution >= 4 is 32.9 Å².